The van der Waals surface area contributed by atoms with Gasteiger partial charge < -0.3 is 4.74 Å². The maximum atomic E-state index is 5.92. The molecule has 90 valence electrons. The number of hydrogen-bond acceptors (Lipinski definition) is 4. The van der Waals surface area contributed by atoms with E-state index in [4.69, 9.17) is 16.3 Å². The van der Waals surface area contributed by atoms with Crippen LogP contribution in [-0.4, -0.2) is 15.7 Å². The van der Waals surface area contributed by atoms with Crippen LogP contribution in [0.3, 0.4) is 0 Å². The molecule has 0 N–H and O–H groups in total. The first-order valence-corrected chi connectivity index (χ1v) is 6.90. The normalized spacial score (nSPS) is 30.6. The third-order valence-electron chi connectivity index (χ3n) is 3.52. The number of rotatable bonds is 3. The molecule has 0 amide bonds. The predicted octanol–water partition coefficient (Wildman–Crippen LogP) is 3.53. The van der Waals surface area contributed by atoms with Crippen LogP contribution in [0.1, 0.15) is 38.8 Å². The number of hydrogen-bond donors (Lipinski definition) is 0. The largest absolute Gasteiger partial charge is 0.372 e. The van der Waals surface area contributed by atoms with Gasteiger partial charge in [-0.3, -0.25) is 0 Å². The van der Waals surface area contributed by atoms with Crippen molar-refractivity contribution in [3.8, 4) is 0 Å². The Morgan fingerprint density at radius 3 is 2.81 bits per heavy atom. The molecule has 1 aliphatic rings. The van der Waals surface area contributed by atoms with Gasteiger partial charge in [0, 0.05) is 11.5 Å². The summed E-state index contributed by atoms with van der Waals surface area (Å²) in [6.07, 6.45) is 3.93. The number of ether oxygens (including phenoxy) is 1. The molecule has 1 fully saturated rings. The van der Waals surface area contributed by atoms with Crippen LogP contribution < -0.4 is 0 Å². The zero-order valence-electron chi connectivity index (χ0n) is 9.65. The van der Waals surface area contributed by atoms with Crippen molar-refractivity contribution < 1.29 is 4.74 Å². The summed E-state index contributed by atoms with van der Waals surface area (Å²) in [5, 5.41) is 3.95. The van der Waals surface area contributed by atoms with Crippen molar-refractivity contribution in [3.63, 3.8) is 0 Å². The predicted molar refractivity (Wildman–Crippen MR) is 65.7 cm³/mol. The van der Waals surface area contributed by atoms with Gasteiger partial charge in [-0.05, 0) is 31.1 Å². The van der Waals surface area contributed by atoms with Crippen LogP contribution in [0.4, 0.5) is 0 Å². The van der Waals surface area contributed by atoms with Crippen LogP contribution in [0.15, 0.2) is 0 Å². The molecular weight excluding hydrogens is 244 g/mol. The van der Waals surface area contributed by atoms with Crippen molar-refractivity contribution in [1.29, 1.82) is 0 Å². The van der Waals surface area contributed by atoms with E-state index in [0.29, 0.717) is 17.0 Å². The first kappa shape index (κ1) is 12.3. The average molecular weight is 261 g/mol. The number of nitrogens with zero attached hydrogens (tertiary/aromatic N) is 2. The van der Waals surface area contributed by atoms with Gasteiger partial charge in [0.15, 0.2) is 0 Å². The van der Waals surface area contributed by atoms with Crippen molar-refractivity contribution in [2.24, 2.45) is 11.8 Å². The van der Waals surface area contributed by atoms with E-state index in [2.05, 4.69) is 23.4 Å². The number of aromatic nitrogens is 2. The van der Waals surface area contributed by atoms with Crippen LogP contribution >= 0.6 is 23.1 Å². The molecule has 16 heavy (non-hydrogen) atoms. The van der Waals surface area contributed by atoms with Crippen LogP contribution in [0.25, 0.3) is 0 Å². The maximum absolute atomic E-state index is 5.92. The van der Waals surface area contributed by atoms with Crippen LogP contribution in [0.5, 0.6) is 0 Å². The highest BCUT2D eigenvalue weighted by Crippen LogP contribution is 2.31. The smallest absolute Gasteiger partial charge is 0.139 e. The van der Waals surface area contributed by atoms with E-state index in [9.17, 15) is 0 Å². The molecule has 1 aliphatic carbocycles. The van der Waals surface area contributed by atoms with E-state index in [1.165, 1.54) is 18.0 Å². The lowest BCUT2D eigenvalue weighted by atomic mass is 9.80. The summed E-state index contributed by atoms with van der Waals surface area (Å²) in [6.45, 7) is 5.13. The summed E-state index contributed by atoms with van der Waals surface area (Å²) < 4.78 is 10.3. The Kier molecular flexibility index (Phi) is 4.16. The molecule has 1 saturated carbocycles. The molecule has 1 heterocycles. The van der Waals surface area contributed by atoms with Crippen LogP contribution in [0, 0.1) is 11.8 Å². The Balaban J connectivity index is 1.81. The summed E-state index contributed by atoms with van der Waals surface area (Å²) in [7, 11) is 0. The Hall–Kier alpha value is -0.190. The summed E-state index contributed by atoms with van der Waals surface area (Å²) in [4.78, 5) is 0. The van der Waals surface area contributed by atoms with E-state index in [1.54, 1.807) is 0 Å². The molecule has 1 aromatic rings. The standard InChI is InChI=1S/C11H17ClN2OS/c1-7-3-4-9(5-8(7)2)15-6-10-11(12)16-14-13-10/h7-9H,3-6H2,1-2H3. The summed E-state index contributed by atoms with van der Waals surface area (Å²) in [6, 6.07) is 0. The highest BCUT2D eigenvalue weighted by Gasteiger charge is 2.25. The second-order valence-electron chi connectivity index (χ2n) is 4.69. The Morgan fingerprint density at radius 1 is 1.38 bits per heavy atom. The van der Waals surface area contributed by atoms with Gasteiger partial charge in [-0.15, -0.1) is 5.10 Å². The van der Waals surface area contributed by atoms with Crippen molar-refractivity contribution in [2.75, 3.05) is 0 Å². The molecular formula is C11H17ClN2OS. The van der Waals surface area contributed by atoms with E-state index in [-0.39, 0.29) is 0 Å². The molecule has 0 radical (unpaired) electrons. The second-order valence-corrected chi connectivity index (χ2v) is 6.05. The van der Waals surface area contributed by atoms with Crippen molar-refractivity contribution >= 4 is 23.1 Å². The third kappa shape index (κ3) is 2.93. The van der Waals surface area contributed by atoms with E-state index in [1.807, 2.05) is 0 Å². The summed E-state index contributed by atoms with van der Waals surface area (Å²) >= 11 is 7.14. The molecule has 1 aromatic heterocycles. The average Bonchev–Trinajstić information content (AvgIpc) is 2.66. The van der Waals surface area contributed by atoms with Gasteiger partial charge in [-0.25, -0.2) is 0 Å². The topological polar surface area (TPSA) is 35.0 Å². The fourth-order valence-electron chi connectivity index (χ4n) is 2.13. The highest BCUT2D eigenvalue weighted by molar-refractivity contribution is 7.10. The quantitative estimate of drug-likeness (QED) is 0.834. The minimum absolute atomic E-state index is 0.365. The van der Waals surface area contributed by atoms with Crippen LogP contribution in [-0.2, 0) is 11.3 Å². The third-order valence-corrected chi connectivity index (χ3v) is 4.50. The Bertz CT molecular complexity index is 344. The zero-order valence-corrected chi connectivity index (χ0v) is 11.2. The van der Waals surface area contributed by atoms with E-state index in [0.717, 1.165) is 30.4 Å². The van der Waals surface area contributed by atoms with Crippen molar-refractivity contribution in [2.45, 2.75) is 45.8 Å². The second kappa shape index (κ2) is 5.43. The molecule has 3 atom stereocenters. The molecule has 3 nitrogen and oxygen atoms in total. The van der Waals surface area contributed by atoms with Gasteiger partial charge in [-0.2, -0.15) is 0 Å². The van der Waals surface area contributed by atoms with Gasteiger partial charge >= 0.3 is 0 Å². The fourth-order valence-corrected chi connectivity index (χ4v) is 2.73. The molecule has 0 bridgehead atoms. The Labute approximate surface area is 105 Å². The molecule has 0 aliphatic heterocycles. The van der Waals surface area contributed by atoms with Gasteiger partial charge in [0.25, 0.3) is 0 Å². The first-order chi connectivity index (χ1) is 7.66. The van der Waals surface area contributed by atoms with Gasteiger partial charge in [0.2, 0.25) is 0 Å². The zero-order chi connectivity index (χ0) is 11.5. The van der Waals surface area contributed by atoms with E-state index >= 15 is 0 Å². The van der Waals surface area contributed by atoms with Crippen LogP contribution in [0.2, 0.25) is 4.34 Å². The van der Waals surface area contributed by atoms with Crippen molar-refractivity contribution in [3.05, 3.63) is 10.0 Å². The van der Waals surface area contributed by atoms with Crippen molar-refractivity contribution in [1.82, 2.24) is 9.59 Å². The lowest BCUT2D eigenvalue weighted by Crippen LogP contribution is -2.26. The van der Waals surface area contributed by atoms with Gasteiger partial charge in [0.05, 0.1) is 12.7 Å². The lowest BCUT2D eigenvalue weighted by molar-refractivity contribution is -0.00872. The molecule has 0 aromatic carbocycles. The SMILES string of the molecule is CC1CCC(OCc2nnsc2Cl)CC1C. The fraction of sp³-hybridized carbons (Fsp3) is 0.818. The van der Waals surface area contributed by atoms with E-state index < -0.39 is 0 Å². The maximum Gasteiger partial charge on any atom is 0.139 e. The monoisotopic (exact) mass is 260 g/mol. The molecule has 3 unspecified atom stereocenters. The molecule has 0 spiro atoms. The highest BCUT2D eigenvalue weighted by atomic mass is 35.5. The Morgan fingerprint density at radius 2 is 2.19 bits per heavy atom. The minimum atomic E-state index is 0.365. The summed E-state index contributed by atoms with van der Waals surface area (Å²) in [5.74, 6) is 1.58. The number of halogens is 1. The van der Waals surface area contributed by atoms with Gasteiger partial charge in [0.1, 0.15) is 10.0 Å². The lowest BCUT2D eigenvalue weighted by Gasteiger charge is -2.31. The first-order valence-electron chi connectivity index (χ1n) is 5.75. The molecule has 0 saturated heterocycles. The minimum Gasteiger partial charge on any atom is -0.372 e. The van der Waals surface area contributed by atoms with Gasteiger partial charge in [-0.1, -0.05) is 29.9 Å². The molecule has 2 rings (SSSR count). The molecule has 5 heteroatoms. The summed E-state index contributed by atoms with van der Waals surface area (Å²) in [5.41, 5.74) is 0.776.